The van der Waals surface area contributed by atoms with Crippen molar-refractivity contribution in [2.24, 2.45) is 0 Å². The van der Waals surface area contributed by atoms with Crippen molar-refractivity contribution >= 4 is 5.91 Å². The summed E-state index contributed by atoms with van der Waals surface area (Å²) in [5.41, 5.74) is -0.950. The highest BCUT2D eigenvalue weighted by molar-refractivity contribution is 5.93. The largest absolute Gasteiger partial charge is 0.497 e. The highest BCUT2D eigenvalue weighted by atomic mass is 19.4. The molecule has 0 aliphatic carbocycles. The lowest BCUT2D eigenvalue weighted by atomic mass is 10.2. The van der Waals surface area contributed by atoms with E-state index in [9.17, 15) is 18.0 Å². The van der Waals surface area contributed by atoms with Crippen LogP contribution in [0.3, 0.4) is 0 Å². The Morgan fingerprint density at radius 2 is 1.76 bits per heavy atom. The van der Waals surface area contributed by atoms with Crippen molar-refractivity contribution in [3.63, 3.8) is 0 Å². The standard InChI is InChI=1S/C17H17F3N2O3/c1-22(9-10-25-14-6-4-13(24-2)5-7-14)16(23)12-3-8-15(21-11-12)17(18,19)20/h3-8,11H,9-10H2,1-2H3. The number of carbonyl (C=O) groups excluding carboxylic acids is 1. The third kappa shape index (κ3) is 5.10. The number of hydrogen-bond acceptors (Lipinski definition) is 4. The normalized spacial score (nSPS) is 11.1. The number of hydrogen-bond donors (Lipinski definition) is 0. The van der Waals surface area contributed by atoms with Crippen LogP contribution < -0.4 is 9.47 Å². The minimum Gasteiger partial charge on any atom is -0.497 e. The second-order valence-electron chi connectivity index (χ2n) is 5.18. The molecule has 8 heteroatoms. The number of likely N-dealkylation sites (N-methyl/N-ethyl adjacent to an activating group) is 1. The zero-order valence-electron chi connectivity index (χ0n) is 13.7. The first-order valence-corrected chi connectivity index (χ1v) is 7.37. The molecule has 0 saturated carbocycles. The Balaban J connectivity index is 1.87. The third-order valence-corrected chi connectivity index (χ3v) is 3.40. The molecule has 0 atom stereocenters. The summed E-state index contributed by atoms with van der Waals surface area (Å²) in [7, 11) is 3.10. The van der Waals surface area contributed by atoms with Gasteiger partial charge in [-0.1, -0.05) is 0 Å². The first-order valence-electron chi connectivity index (χ1n) is 7.37. The number of pyridine rings is 1. The lowest BCUT2D eigenvalue weighted by molar-refractivity contribution is -0.141. The van der Waals surface area contributed by atoms with Gasteiger partial charge >= 0.3 is 6.18 Å². The molecule has 0 saturated heterocycles. The van der Waals surface area contributed by atoms with Gasteiger partial charge in [0, 0.05) is 13.2 Å². The Labute approximate surface area is 143 Å². The molecule has 1 aromatic carbocycles. The van der Waals surface area contributed by atoms with Gasteiger partial charge < -0.3 is 14.4 Å². The molecule has 1 amide bonds. The van der Waals surface area contributed by atoms with Crippen LogP contribution in [0.5, 0.6) is 11.5 Å². The number of ether oxygens (including phenoxy) is 2. The van der Waals surface area contributed by atoms with Gasteiger partial charge in [-0.15, -0.1) is 0 Å². The summed E-state index contributed by atoms with van der Waals surface area (Å²) in [5.74, 6) is 0.895. The van der Waals surface area contributed by atoms with Crippen LogP contribution in [0.15, 0.2) is 42.6 Å². The van der Waals surface area contributed by atoms with Crippen LogP contribution in [0.2, 0.25) is 0 Å². The molecule has 0 aliphatic rings. The van der Waals surface area contributed by atoms with Gasteiger partial charge in [0.1, 0.15) is 23.8 Å². The molecule has 0 bridgehead atoms. The molecule has 2 rings (SSSR count). The van der Waals surface area contributed by atoms with Crippen LogP contribution >= 0.6 is 0 Å². The number of rotatable bonds is 6. The van der Waals surface area contributed by atoms with E-state index < -0.39 is 17.8 Å². The number of halogens is 3. The Bertz CT molecular complexity index is 701. The quantitative estimate of drug-likeness (QED) is 0.799. The molecule has 0 fully saturated rings. The summed E-state index contributed by atoms with van der Waals surface area (Å²) in [6.07, 6.45) is -3.61. The van der Waals surface area contributed by atoms with Crippen LogP contribution in [0.25, 0.3) is 0 Å². The molecule has 0 aliphatic heterocycles. The van der Waals surface area contributed by atoms with Crippen LogP contribution in [-0.2, 0) is 6.18 Å². The van der Waals surface area contributed by atoms with Gasteiger partial charge in [0.2, 0.25) is 0 Å². The second kappa shape index (κ2) is 7.87. The van der Waals surface area contributed by atoms with Gasteiger partial charge in [0.05, 0.1) is 19.2 Å². The molecule has 5 nitrogen and oxygen atoms in total. The maximum Gasteiger partial charge on any atom is 0.433 e. The lowest BCUT2D eigenvalue weighted by Gasteiger charge is -2.17. The van der Waals surface area contributed by atoms with Crippen molar-refractivity contribution in [2.45, 2.75) is 6.18 Å². The summed E-state index contributed by atoms with van der Waals surface area (Å²) in [4.78, 5) is 16.8. The van der Waals surface area contributed by atoms with Crippen molar-refractivity contribution in [3.8, 4) is 11.5 Å². The predicted molar refractivity (Wildman–Crippen MR) is 84.7 cm³/mol. The summed E-state index contributed by atoms with van der Waals surface area (Å²) in [6, 6.07) is 8.87. The highest BCUT2D eigenvalue weighted by Gasteiger charge is 2.32. The van der Waals surface area contributed by atoms with Gasteiger partial charge in [-0.25, -0.2) is 0 Å². The molecule has 134 valence electrons. The molecule has 0 radical (unpaired) electrons. The maximum atomic E-state index is 12.5. The van der Waals surface area contributed by atoms with Crippen LogP contribution in [0.1, 0.15) is 16.1 Å². The number of carbonyl (C=O) groups is 1. The molecular formula is C17H17F3N2O3. The van der Waals surface area contributed by atoms with E-state index in [1.54, 1.807) is 31.4 Å². The minimum atomic E-state index is -4.53. The zero-order chi connectivity index (χ0) is 18.4. The zero-order valence-corrected chi connectivity index (χ0v) is 13.7. The van der Waals surface area contributed by atoms with Crippen LogP contribution in [0.4, 0.5) is 13.2 Å². The van der Waals surface area contributed by atoms with E-state index in [0.717, 1.165) is 18.3 Å². The van der Waals surface area contributed by atoms with Gasteiger partial charge in [-0.3, -0.25) is 9.78 Å². The molecule has 1 aromatic heterocycles. The number of amides is 1. The van der Waals surface area contributed by atoms with Gasteiger partial charge in [0.25, 0.3) is 5.91 Å². The minimum absolute atomic E-state index is 0.0833. The average molecular weight is 354 g/mol. The molecule has 0 N–H and O–H groups in total. The van der Waals surface area contributed by atoms with E-state index in [1.165, 1.54) is 11.9 Å². The van der Waals surface area contributed by atoms with Crippen LogP contribution in [-0.4, -0.2) is 43.1 Å². The molecule has 1 heterocycles. The fourth-order valence-electron chi connectivity index (χ4n) is 1.98. The number of nitrogens with zero attached hydrogens (tertiary/aromatic N) is 2. The summed E-state index contributed by atoms with van der Waals surface area (Å²) < 4.78 is 48.0. The monoisotopic (exact) mass is 354 g/mol. The van der Waals surface area contributed by atoms with Crippen LogP contribution in [0, 0.1) is 0 Å². The number of methoxy groups -OCH3 is 1. The van der Waals surface area contributed by atoms with Crippen molar-refractivity contribution in [2.75, 3.05) is 27.3 Å². The lowest BCUT2D eigenvalue weighted by Crippen LogP contribution is -2.31. The second-order valence-corrected chi connectivity index (χ2v) is 5.18. The fraction of sp³-hybridized carbons (Fsp3) is 0.294. The first kappa shape index (κ1) is 18.6. The third-order valence-electron chi connectivity index (χ3n) is 3.40. The number of benzene rings is 1. The number of alkyl halides is 3. The van der Waals surface area contributed by atoms with E-state index in [0.29, 0.717) is 11.5 Å². The Morgan fingerprint density at radius 1 is 1.12 bits per heavy atom. The number of aromatic nitrogens is 1. The SMILES string of the molecule is COc1ccc(OCCN(C)C(=O)c2ccc(C(F)(F)F)nc2)cc1. The van der Waals surface area contributed by atoms with Crippen molar-refractivity contribution in [1.29, 1.82) is 0 Å². The van der Waals surface area contributed by atoms with Crippen molar-refractivity contribution < 1.29 is 27.4 Å². The molecule has 2 aromatic rings. The smallest absolute Gasteiger partial charge is 0.433 e. The van der Waals surface area contributed by atoms with Gasteiger partial charge in [-0.05, 0) is 36.4 Å². The van der Waals surface area contributed by atoms with E-state index >= 15 is 0 Å². The van der Waals surface area contributed by atoms with E-state index in [4.69, 9.17) is 9.47 Å². The molecular weight excluding hydrogens is 337 g/mol. The predicted octanol–water partition coefficient (Wildman–Crippen LogP) is 3.26. The molecule has 0 spiro atoms. The summed E-state index contributed by atoms with van der Waals surface area (Å²) in [6.45, 7) is 0.508. The van der Waals surface area contributed by atoms with Gasteiger partial charge in [0.15, 0.2) is 0 Å². The van der Waals surface area contributed by atoms with E-state index in [1.807, 2.05) is 0 Å². The Hall–Kier alpha value is -2.77. The fourth-order valence-corrected chi connectivity index (χ4v) is 1.98. The van der Waals surface area contributed by atoms with E-state index in [-0.39, 0.29) is 18.7 Å². The molecule has 0 unspecified atom stereocenters. The summed E-state index contributed by atoms with van der Waals surface area (Å²) >= 11 is 0. The first-order chi connectivity index (χ1) is 11.8. The van der Waals surface area contributed by atoms with E-state index in [2.05, 4.69) is 4.98 Å². The Kier molecular flexibility index (Phi) is 5.84. The van der Waals surface area contributed by atoms with Crippen molar-refractivity contribution in [1.82, 2.24) is 9.88 Å². The summed E-state index contributed by atoms with van der Waals surface area (Å²) in [5, 5.41) is 0. The van der Waals surface area contributed by atoms with Crippen molar-refractivity contribution in [3.05, 3.63) is 53.9 Å². The molecule has 25 heavy (non-hydrogen) atoms. The average Bonchev–Trinajstić information content (AvgIpc) is 2.61. The maximum absolute atomic E-state index is 12.5. The Morgan fingerprint density at radius 3 is 2.28 bits per heavy atom. The highest BCUT2D eigenvalue weighted by Crippen LogP contribution is 2.27. The van der Waals surface area contributed by atoms with Gasteiger partial charge in [-0.2, -0.15) is 13.2 Å². The topological polar surface area (TPSA) is 51.7 Å².